The highest BCUT2D eigenvalue weighted by Gasteiger charge is 2.17. The SMILES string of the molecule is Nc1cccc(N)c1C(=O)c1cccc([N+](=O)[O-])c1. The van der Waals surface area contributed by atoms with Crippen molar-refractivity contribution in [3.8, 4) is 0 Å². The monoisotopic (exact) mass is 257 g/mol. The lowest BCUT2D eigenvalue weighted by molar-refractivity contribution is -0.384. The highest BCUT2D eigenvalue weighted by molar-refractivity contribution is 6.15. The molecule has 0 amide bonds. The second kappa shape index (κ2) is 4.77. The number of hydrogen-bond acceptors (Lipinski definition) is 5. The van der Waals surface area contributed by atoms with Gasteiger partial charge in [-0.05, 0) is 12.1 Å². The van der Waals surface area contributed by atoms with Crippen LogP contribution in [0.25, 0.3) is 0 Å². The third-order valence-corrected chi connectivity index (χ3v) is 2.68. The van der Waals surface area contributed by atoms with E-state index in [0.29, 0.717) is 0 Å². The fourth-order valence-corrected chi connectivity index (χ4v) is 1.76. The van der Waals surface area contributed by atoms with E-state index < -0.39 is 10.7 Å². The number of nitrogen functional groups attached to an aromatic ring is 2. The summed E-state index contributed by atoms with van der Waals surface area (Å²) in [5.41, 5.74) is 12.1. The van der Waals surface area contributed by atoms with Gasteiger partial charge in [-0.3, -0.25) is 14.9 Å². The first-order valence-corrected chi connectivity index (χ1v) is 5.44. The molecule has 0 aromatic heterocycles. The highest BCUT2D eigenvalue weighted by atomic mass is 16.6. The first-order valence-electron chi connectivity index (χ1n) is 5.44. The molecule has 0 spiro atoms. The lowest BCUT2D eigenvalue weighted by Crippen LogP contribution is -2.09. The number of non-ortho nitro benzene ring substituents is 1. The number of ketones is 1. The van der Waals surface area contributed by atoms with E-state index in [1.54, 1.807) is 18.2 Å². The number of carbonyl (C=O) groups excluding carboxylic acids is 1. The number of nitrogens with two attached hydrogens (primary N) is 2. The molecule has 0 aliphatic carbocycles. The zero-order valence-corrected chi connectivity index (χ0v) is 9.87. The Balaban J connectivity index is 2.50. The van der Waals surface area contributed by atoms with Crippen LogP contribution in [0.3, 0.4) is 0 Å². The highest BCUT2D eigenvalue weighted by Crippen LogP contribution is 2.24. The number of nitrogens with zero attached hydrogens (tertiary/aromatic N) is 1. The van der Waals surface area contributed by atoms with E-state index in [2.05, 4.69) is 0 Å². The molecule has 0 fully saturated rings. The van der Waals surface area contributed by atoms with E-state index in [1.165, 1.54) is 24.3 Å². The maximum atomic E-state index is 12.3. The number of benzene rings is 2. The first kappa shape index (κ1) is 12.6. The summed E-state index contributed by atoms with van der Waals surface area (Å²) in [5, 5.41) is 10.7. The molecule has 0 saturated carbocycles. The Labute approximate surface area is 108 Å². The molecule has 19 heavy (non-hydrogen) atoms. The van der Waals surface area contributed by atoms with Crippen LogP contribution >= 0.6 is 0 Å². The van der Waals surface area contributed by atoms with Crippen molar-refractivity contribution in [3.63, 3.8) is 0 Å². The summed E-state index contributed by atoms with van der Waals surface area (Å²) in [6, 6.07) is 10.2. The molecule has 4 N–H and O–H groups in total. The zero-order valence-electron chi connectivity index (χ0n) is 9.87. The van der Waals surface area contributed by atoms with Gasteiger partial charge in [-0.1, -0.05) is 18.2 Å². The van der Waals surface area contributed by atoms with Crippen molar-refractivity contribution in [2.45, 2.75) is 0 Å². The summed E-state index contributed by atoms with van der Waals surface area (Å²) in [4.78, 5) is 22.4. The van der Waals surface area contributed by atoms with E-state index >= 15 is 0 Å². The molecule has 0 bridgehead atoms. The van der Waals surface area contributed by atoms with E-state index in [1.807, 2.05) is 0 Å². The van der Waals surface area contributed by atoms with E-state index in [4.69, 9.17) is 11.5 Å². The van der Waals surface area contributed by atoms with Crippen LogP contribution in [0, 0.1) is 10.1 Å². The van der Waals surface area contributed by atoms with E-state index in [0.717, 1.165) is 0 Å². The summed E-state index contributed by atoms with van der Waals surface area (Å²) >= 11 is 0. The first-order chi connectivity index (χ1) is 9.00. The summed E-state index contributed by atoms with van der Waals surface area (Å²) in [5.74, 6) is -0.431. The van der Waals surface area contributed by atoms with Crippen LogP contribution in [-0.4, -0.2) is 10.7 Å². The third kappa shape index (κ3) is 2.37. The number of hydrogen-bond donors (Lipinski definition) is 2. The maximum absolute atomic E-state index is 12.3. The van der Waals surface area contributed by atoms with Gasteiger partial charge in [-0.15, -0.1) is 0 Å². The Hall–Kier alpha value is -2.89. The van der Waals surface area contributed by atoms with Gasteiger partial charge in [0.1, 0.15) is 0 Å². The quantitative estimate of drug-likeness (QED) is 0.378. The third-order valence-electron chi connectivity index (χ3n) is 2.68. The molecule has 0 heterocycles. The van der Waals surface area contributed by atoms with Crippen molar-refractivity contribution in [2.75, 3.05) is 11.5 Å². The molecule has 96 valence electrons. The minimum absolute atomic E-state index is 0.154. The topological polar surface area (TPSA) is 112 Å². The molecule has 0 radical (unpaired) electrons. The molecule has 6 heteroatoms. The van der Waals surface area contributed by atoms with Gasteiger partial charge in [-0.25, -0.2) is 0 Å². The van der Waals surface area contributed by atoms with E-state index in [-0.39, 0.29) is 28.2 Å². The van der Waals surface area contributed by atoms with Gasteiger partial charge in [0.15, 0.2) is 5.78 Å². The van der Waals surface area contributed by atoms with Crippen LogP contribution in [0.5, 0.6) is 0 Å². The Morgan fingerprint density at radius 1 is 1.05 bits per heavy atom. The van der Waals surface area contributed by atoms with E-state index in [9.17, 15) is 14.9 Å². The number of carbonyl (C=O) groups is 1. The molecule has 6 nitrogen and oxygen atoms in total. The number of nitro benzene ring substituents is 1. The van der Waals surface area contributed by atoms with Crippen LogP contribution < -0.4 is 11.5 Å². The minimum atomic E-state index is -0.561. The van der Waals surface area contributed by atoms with Crippen molar-refractivity contribution in [1.82, 2.24) is 0 Å². The molecule has 2 aromatic rings. The molecule has 0 atom stereocenters. The van der Waals surface area contributed by atoms with Crippen molar-refractivity contribution in [2.24, 2.45) is 0 Å². The predicted molar refractivity (Wildman–Crippen MR) is 71.8 cm³/mol. The fraction of sp³-hybridized carbons (Fsp3) is 0. The average molecular weight is 257 g/mol. The lowest BCUT2D eigenvalue weighted by Gasteiger charge is -2.07. The van der Waals surface area contributed by atoms with Gasteiger partial charge >= 0.3 is 0 Å². The smallest absolute Gasteiger partial charge is 0.270 e. The van der Waals surface area contributed by atoms with Crippen LogP contribution in [-0.2, 0) is 0 Å². The van der Waals surface area contributed by atoms with Crippen molar-refractivity contribution in [1.29, 1.82) is 0 Å². The second-order valence-electron chi connectivity index (χ2n) is 3.95. The van der Waals surface area contributed by atoms with Crippen LogP contribution in [0.2, 0.25) is 0 Å². The zero-order chi connectivity index (χ0) is 14.0. The summed E-state index contributed by atoms with van der Waals surface area (Å²) in [7, 11) is 0. The Morgan fingerprint density at radius 2 is 1.63 bits per heavy atom. The normalized spacial score (nSPS) is 10.1. The molecule has 2 rings (SSSR count). The Bertz CT molecular complexity index is 648. The second-order valence-corrected chi connectivity index (χ2v) is 3.95. The van der Waals surface area contributed by atoms with Gasteiger partial charge in [0.25, 0.3) is 5.69 Å². The fourth-order valence-electron chi connectivity index (χ4n) is 1.76. The van der Waals surface area contributed by atoms with Gasteiger partial charge in [0, 0.05) is 29.1 Å². The van der Waals surface area contributed by atoms with Crippen molar-refractivity contribution < 1.29 is 9.72 Å². The lowest BCUT2D eigenvalue weighted by atomic mass is 10.00. The van der Waals surface area contributed by atoms with Gasteiger partial charge in [0.05, 0.1) is 10.5 Å². The van der Waals surface area contributed by atoms with Crippen molar-refractivity contribution >= 4 is 22.8 Å². The van der Waals surface area contributed by atoms with Crippen molar-refractivity contribution in [3.05, 3.63) is 63.7 Å². The summed E-state index contributed by atoms with van der Waals surface area (Å²) < 4.78 is 0. The van der Waals surface area contributed by atoms with Gasteiger partial charge in [0.2, 0.25) is 0 Å². The molecule has 0 aliphatic heterocycles. The molecule has 0 unspecified atom stereocenters. The molecule has 0 aliphatic rings. The van der Waals surface area contributed by atoms with Gasteiger partial charge < -0.3 is 11.5 Å². The summed E-state index contributed by atoms with van der Waals surface area (Å²) in [6.45, 7) is 0. The minimum Gasteiger partial charge on any atom is -0.398 e. The number of rotatable bonds is 3. The molecule has 0 saturated heterocycles. The maximum Gasteiger partial charge on any atom is 0.270 e. The van der Waals surface area contributed by atoms with Crippen LogP contribution in [0.4, 0.5) is 17.1 Å². The number of anilines is 2. The largest absolute Gasteiger partial charge is 0.398 e. The standard InChI is InChI=1S/C13H11N3O3/c14-10-5-2-6-11(15)12(10)13(17)8-3-1-4-9(7-8)16(18)19/h1-7H,14-15H2. The van der Waals surface area contributed by atoms with Crippen LogP contribution in [0.1, 0.15) is 15.9 Å². The Kier molecular flexibility index (Phi) is 3.15. The Morgan fingerprint density at radius 3 is 2.21 bits per heavy atom. The van der Waals surface area contributed by atoms with Gasteiger partial charge in [-0.2, -0.15) is 0 Å². The predicted octanol–water partition coefficient (Wildman–Crippen LogP) is 1.99. The molecular formula is C13H11N3O3. The number of nitro groups is 1. The summed E-state index contributed by atoms with van der Waals surface area (Å²) in [6.07, 6.45) is 0. The molecular weight excluding hydrogens is 246 g/mol. The average Bonchev–Trinajstić information content (AvgIpc) is 2.38. The molecule has 2 aromatic carbocycles. The van der Waals surface area contributed by atoms with Crippen LogP contribution in [0.15, 0.2) is 42.5 Å².